The highest BCUT2D eigenvalue weighted by Gasteiger charge is 2.21. The molecule has 1 aliphatic heterocycles. The van der Waals surface area contributed by atoms with Gasteiger partial charge in [-0.25, -0.2) is 4.79 Å². The molecule has 0 saturated carbocycles. The van der Waals surface area contributed by atoms with Crippen LogP contribution in [0, 0.1) is 0 Å². The van der Waals surface area contributed by atoms with Crippen LogP contribution in [0.4, 0.5) is 5.69 Å². The van der Waals surface area contributed by atoms with Gasteiger partial charge in [0.1, 0.15) is 0 Å². The maximum atomic E-state index is 12.2. The van der Waals surface area contributed by atoms with Crippen molar-refractivity contribution in [2.45, 2.75) is 17.6 Å². The number of carbonyl (C=O) groups excluding carboxylic acids is 2. The van der Waals surface area contributed by atoms with Crippen molar-refractivity contribution in [3.8, 4) is 0 Å². The average Bonchev–Trinajstić information content (AvgIpc) is 3.17. The van der Waals surface area contributed by atoms with Gasteiger partial charge in [0, 0.05) is 17.2 Å². The summed E-state index contributed by atoms with van der Waals surface area (Å²) >= 11 is 3.84. The van der Waals surface area contributed by atoms with Gasteiger partial charge in [-0.05, 0) is 36.8 Å². The van der Waals surface area contributed by atoms with Crippen LogP contribution >= 0.6 is 23.5 Å². The first-order valence-corrected chi connectivity index (χ1v) is 10.1. The predicted molar refractivity (Wildman–Crippen MR) is 104 cm³/mol. The highest BCUT2D eigenvalue weighted by molar-refractivity contribution is 8.19. The van der Waals surface area contributed by atoms with Gasteiger partial charge >= 0.3 is 5.97 Å². The number of benzene rings is 2. The quantitative estimate of drug-likeness (QED) is 0.790. The Kier molecular flexibility index (Phi) is 6.04. The highest BCUT2D eigenvalue weighted by atomic mass is 32.2. The van der Waals surface area contributed by atoms with Crippen LogP contribution in [-0.2, 0) is 9.53 Å². The van der Waals surface area contributed by atoms with Crippen molar-refractivity contribution in [3.63, 3.8) is 0 Å². The number of hydrogen-bond acceptors (Lipinski definition) is 5. The highest BCUT2D eigenvalue weighted by Crippen LogP contribution is 2.45. The Hall–Kier alpha value is -1.92. The zero-order valence-electron chi connectivity index (χ0n) is 13.8. The molecule has 1 N–H and O–H groups in total. The summed E-state index contributed by atoms with van der Waals surface area (Å²) in [6, 6.07) is 16.5. The van der Waals surface area contributed by atoms with Crippen LogP contribution in [0.3, 0.4) is 0 Å². The number of para-hydroxylation sites is 1. The molecule has 0 bridgehead atoms. The molecule has 1 amide bonds. The van der Waals surface area contributed by atoms with Crippen molar-refractivity contribution in [1.29, 1.82) is 0 Å². The van der Waals surface area contributed by atoms with Crippen molar-refractivity contribution in [3.05, 3.63) is 65.7 Å². The van der Waals surface area contributed by atoms with Crippen molar-refractivity contribution >= 4 is 41.1 Å². The third-order valence-corrected chi connectivity index (χ3v) is 6.84. The van der Waals surface area contributed by atoms with E-state index in [1.807, 2.05) is 53.9 Å². The van der Waals surface area contributed by atoms with E-state index in [1.165, 1.54) is 5.56 Å². The van der Waals surface area contributed by atoms with Gasteiger partial charge in [0.2, 0.25) is 0 Å². The summed E-state index contributed by atoms with van der Waals surface area (Å²) in [5.74, 6) is 1.48. The van der Waals surface area contributed by atoms with Crippen molar-refractivity contribution in [2.24, 2.45) is 0 Å². The minimum atomic E-state index is -0.867. The number of ether oxygens (including phenoxy) is 1. The zero-order chi connectivity index (χ0) is 17.6. The topological polar surface area (TPSA) is 55.4 Å². The van der Waals surface area contributed by atoms with Gasteiger partial charge in [0.15, 0.2) is 6.10 Å². The van der Waals surface area contributed by atoms with Gasteiger partial charge in [-0.1, -0.05) is 30.3 Å². The smallest absolute Gasteiger partial charge is 0.338 e. The Morgan fingerprint density at radius 1 is 1.04 bits per heavy atom. The van der Waals surface area contributed by atoms with Crippen LogP contribution in [0.5, 0.6) is 0 Å². The molecule has 4 nitrogen and oxygen atoms in total. The number of rotatable bonds is 5. The minimum absolute atomic E-state index is 0.352. The van der Waals surface area contributed by atoms with E-state index in [-0.39, 0.29) is 5.91 Å². The van der Waals surface area contributed by atoms with E-state index >= 15 is 0 Å². The first-order valence-electron chi connectivity index (χ1n) is 8.03. The Bertz CT molecular complexity index is 728. The van der Waals surface area contributed by atoms with Crippen LogP contribution in [0.1, 0.15) is 27.4 Å². The van der Waals surface area contributed by atoms with Crippen LogP contribution in [-0.4, -0.2) is 29.5 Å². The second-order valence-electron chi connectivity index (χ2n) is 5.60. The van der Waals surface area contributed by atoms with Crippen molar-refractivity contribution < 1.29 is 14.3 Å². The largest absolute Gasteiger partial charge is 0.449 e. The lowest BCUT2D eigenvalue weighted by Crippen LogP contribution is -2.29. The molecule has 3 rings (SSSR count). The van der Waals surface area contributed by atoms with Crippen LogP contribution in [0.25, 0.3) is 0 Å². The SMILES string of the molecule is CC(OC(=O)c1ccc(C2SCCS2)cc1)C(=O)Nc1ccccc1. The summed E-state index contributed by atoms with van der Waals surface area (Å²) in [6.07, 6.45) is -0.867. The summed E-state index contributed by atoms with van der Waals surface area (Å²) in [5.41, 5.74) is 2.33. The van der Waals surface area contributed by atoms with E-state index in [2.05, 4.69) is 5.32 Å². The van der Waals surface area contributed by atoms with E-state index in [0.717, 1.165) is 11.5 Å². The number of esters is 1. The normalized spacial score (nSPS) is 15.6. The Morgan fingerprint density at radius 2 is 1.68 bits per heavy atom. The fraction of sp³-hybridized carbons (Fsp3) is 0.263. The summed E-state index contributed by atoms with van der Waals surface area (Å²) in [4.78, 5) is 24.3. The van der Waals surface area contributed by atoms with Gasteiger partial charge in [0.25, 0.3) is 5.91 Å². The predicted octanol–water partition coefficient (Wildman–Crippen LogP) is 4.35. The maximum Gasteiger partial charge on any atom is 0.338 e. The number of hydrogen-bond donors (Lipinski definition) is 1. The summed E-state index contributed by atoms with van der Waals surface area (Å²) in [5, 5.41) is 2.72. The molecule has 1 fully saturated rings. The first-order chi connectivity index (χ1) is 12.1. The third-order valence-electron chi connectivity index (χ3n) is 3.73. The van der Waals surface area contributed by atoms with Gasteiger partial charge in [0.05, 0.1) is 10.1 Å². The molecular weight excluding hydrogens is 354 g/mol. The Balaban J connectivity index is 1.56. The maximum absolute atomic E-state index is 12.2. The molecule has 1 atom stereocenters. The summed E-state index contributed by atoms with van der Waals surface area (Å²) in [7, 11) is 0. The average molecular weight is 373 g/mol. The molecule has 2 aromatic rings. The van der Waals surface area contributed by atoms with Crippen LogP contribution in [0.15, 0.2) is 54.6 Å². The van der Waals surface area contributed by atoms with E-state index < -0.39 is 12.1 Å². The molecule has 2 aromatic carbocycles. The number of amides is 1. The lowest BCUT2D eigenvalue weighted by Gasteiger charge is -2.14. The Morgan fingerprint density at radius 3 is 2.32 bits per heavy atom. The summed E-state index contributed by atoms with van der Waals surface area (Å²) in [6.45, 7) is 1.57. The van der Waals surface area contributed by atoms with Crippen LogP contribution in [0.2, 0.25) is 0 Å². The number of carbonyl (C=O) groups is 2. The fourth-order valence-corrected chi connectivity index (χ4v) is 5.23. The molecule has 1 saturated heterocycles. The molecule has 0 aliphatic carbocycles. The van der Waals surface area contributed by atoms with Gasteiger partial charge in [-0.3, -0.25) is 4.79 Å². The van der Waals surface area contributed by atoms with Gasteiger partial charge in [-0.15, -0.1) is 23.5 Å². The second-order valence-corrected chi connectivity index (χ2v) is 8.32. The first kappa shape index (κ1) is 17.9. The molecule has 1 heterocycles. The number of anilines is 1. The minimum Gasteiger partial charge on any atom is -0.449 e. The lowest BCUT2D eigenvalue weighted by atomic mass is 10.1. The molecular formula is C19H19NO3S2. The number of thioether (sulfide) groups is 2. The van der Waals surface area contributed by atoms with Crippen molar-refractivity contribution in [1.82, 2.24) is 0 Å². The summed E-state index contributed by atoms with van der Waals surface area (Å²) < 4.78 is 5.72. The fourth-order valence-electron chi connectivity index (χ4n) is 2.37. The molecule has 6 heteroatoms. The Labute approximate surface area is 155 Å². The van der Waals surface area contributed by atoms with Crippen LogP contribution < -0.4 is 5.32 Å². The van der Waals surface area contributed by atoms with E-state index in [1.54, 1.807) is 31.2 Å². The third kappa shape index (κ3) is 4.80. The molecule has 0 radical (unpaired) electrons. The second kappa shape index (κ2) is 8.45. The van der Waals surface area contributed by atoms with E-state index in [9.17, 15) is 9.59 Å². The monoisotopic (exact) mass is 373 g/mol. The number of nitrogens with one attached hydrogen (secondary N) is 1. The molecule has 0 aromatic heterocycles. The molecule has 1 unspecified atom stereocenters. The molecule has 25 heavy (non-hydrogen) atoms. The lowest BCUT2D eigenvalue weighted by molar-refractivity contribution is -0.123. The van der Waals surface area contributed by atoms with E-state index in [0.29, 0.717) is 15.8 Å². The van der Waals surface area contributed by atoms with Crippen molar-refractivity contribution in [2.75, 3.05) is 16.8 Å². The zero-order valence-corrected chi connectivity index (χ0v) is 15.4. The van der Waals surface area contributed by atoms with Gasteiger partial charge < -0.3 is 10.1 Å². The molecule has 130 valence electrons. The van der Waals surface area contributed by atoms with E-state index in [4.69, 9.17) is 4.74 Å². The standard InChI is InChI=1S/C19H19NO3S2/c1-13(17(21)20-16-5-3-2-4-6-16)23-18(22)14-7-9-15(10-8-14)19-24-11-12-25-19/h2-10,13,19H,11-12H2,1H3,(H,20,21). The molecule has 0 spiro atoms. The molecule has 1 aliphatic rings. The van der Waals surface area contributed by atoms with Gasteiger partial charge in [-0.2, -0.15) is 0 Å².